The molecule has 4 aromatic carbocycles. The van der Waals surface area contributed by atoms with Gasteiger partial charge >= 0.3 is 0 Å². The van der Waals surface area contributed by atoms with Gasteiger partial charge in [-0.1, -0.05) is 12.1 Å². The van der Waals surface area contributed by atoms with Gasteiger partial charge in [-0.05, 0) is 90.4 Å². The molecule has 0 saturated heterocycles. The Morgan fingerprint density at radius 3 is 1.40 bits per heavy atom. The zero-order chi connectivity index (χ0) is 32.3. The van der Waals surface area contributed by atoms with Crippen LogP contribution in [0.3, 0.4) is 0 Å². The molecular weight excluding hydrogens is 576 g/mol. The molecule has 0 amide bonds. The number of hydrogen-bond donors (Lipinski definition) is 0. The highest BCUT2D eigenvalue weighted by atomic mass is 16.5. The van der Waals surface area contributed by atoms with Crippen molar-refractivity contribution in [1.82, 2.24) is 0 Å². The van der Waals surface area contributed by atoms with Gasteiger partial charge in [0.2, 0.25) is 11.5 Å². The minimum absolute atomic E-state index is 0.477. The second-order valence-electron chi connectivity index (χ2n) is 10.1. The van der Waals surface area contributed by atoms with Gasteiger partial charge in [-0.25, -0.2) is 0 Å². The van der Waals surface area contributed by atoms with E-state index in [0.717, 1.165) is 34.4 Å². The minimum atomic E-state index is 0.477. The van der Waals surface area contributed by atoms with Crippen molar-refractivity contribution in [2.45, 2.75) is 25.7 Å². The van der Waals surface area contributed by atoms with Gasteiger partial charge in [-0.3, -0.25) is 0 Å². The molecule has 0 aliphatic heterocycles. The molecule has 0 spiro atoms. The highest BCUT2D eigenvalue weighted by molar-refractivity contribution is 5.59. The molecule has 4 rings (SSSR count). The van der Waals surface area contributed by atoms with Crippen LogP contribution in [0.1, 0.15) is 22.3 Å². The monoisotopic (exact) mass is 618 g/mol. The maximum absolute atomic E-state index is 6.53. The molecule has 0 unspecified atom stereocenters. The van der Waals surface area contributed by atoms with Crippen LogP contribution in [-0.4, -0.2) is 56.9 Å². The number of benzene rings is 4. The summed E-state index contributed by atoms with van der Waals surface area (Å²) in [6.45, 7) is 0. The molecule has 0 aliphatic rings. The first-order valence-corrected chi connectivity index (χ1v) is 14.5. The normalized spacial score (nSPS) is 10.6. The van der Waals surface area contributed by atoms with E-state index in [4.69, 9.17) is 42.6 Å². The fourth-order valence-corrected chi connectivity index (χ4v) is 5.21. The highest BCUT2D eigenvalue weighted by Crippen LogP contribution is 2.45. The van der Waals surface area contributed by atoms with Crippen molar-refractivity contribution in [1.29, 1.82) is 0 Å². The predicted octanol–water partition coefficient (Wildman–Crippen LogP) is 7.12. The molecule has 9 heteroatoms. The molecule has 0 heterocycles. The summed E-state index contributed by atoms with van der Waals surface area (Å²) in [6, 6.07) is 19.6. The van der Waals surface area contributed by atoms with E-state index < -0.39 is 0 Å². The van der Waals surface area contributed by atoms with E-state index in [9.17, 15) is 0 Å². The van der Waals surface area contributed by atoms with Crippen molar-refractivity contribution in [3.05, 3.63) is 82.9 Å². The molecule has 0 aliphatic carbocycles. The van der Waals surface area contributed by atoms with E-state index in [2.05, 4.69) is 6.07 Å². The van der Waals surface area contributed by atoms with Gasteiger partial charge in [0.05, 0.1) is 56.9 Å². The van der Waals surface area contributed by atoms with Crippen LogP contribution < -0.4 is 42.6 Å². The van der Waals surface area contributed by atoms with Crippen molar-refractivity contribution in [2.24, 2.45) is 0 Å². The molecule has 0 radical (unpaired) electrons. The number of rotatable bonds is 16. The third kappa shape index (κ3) is 7.78. The SMILES string of the molecule is COc1cccc(CCc2cc(Oc3cc(CCc4cc(OC)c(OC)c(OC)c4)cc(OC)c3OC)c(OC)cc2OC)c1. The zero-order valence-electron chi connectivity index (χ0n) is 27.3. The van der Waals surface area contributed by atoms with Crippen LogP contribution in [0.2, 0.25) is 0 Å². The molecule has 240 valence electrons. The molecule has 0 atom stereocenters. The topological polar surface area (TPSA) is 83.1 Å². The van der Waals surface area contributed by atoms with Gasteiger partial charge in [-0.15, -0.1) is 0 Å². The molecule has 0 saturated carbocycles. The predicted molar refractivity (Wildman–Crippen MR) is 173 cm³/mol. The molecule has 0 bridgehead atoms. The van der Waals surface area contributed by atoms with Gasteiger partial charge in [0, 0.05) is 6.07 Å². The van der Waals surface area contributed by atoms with E-state index >= 15 is 0 Å². The molecule has 0 aromatic heterocycles. The van der Waals surface area contributed by atoms with E-state index in [1.54, 1.807) is 56.9 Å². The van der Waals surface area contributed by atoms with Crippen LogP contribution in [0.25, 0.3) is 0 Å². The van der Waals surface area contributed by atoms with Crippen LogP contribution in [0.15, 0.2) is 60.7 Å². The van der Waals surface area contributed by atoms with Gasteiger partial charge in [-0.2, -0.15) is 0 Å². The Balaban J connectivity index is 1.65. The van der Waals surface area contributed by atoms with Crippen molar-refractivity contribution in [3.63, 3.8) is 0 Å². The standard InChI is InChI=1S/C36H42O9/c1-37-27-11-9-10-23(16-27)14-15-26-21-30(29(39-3)22-28(26)38-2)45-34-20-25(19-33(42-6)36(34)44-8)13-12-24-17-31(40-4)35(43-7)32(18-24)41-5/h9-11,16-22H,12-15H2,1-8H3. The third-order valence-corrected chi connectivity index (χ3v) is 7.54. The summed E-state index contributed by atoms with van der Waals surface area (Å²) >= 11 is 0. The van der Waals surface area contributed by atoms with Gasteiger partial charge < -0.3 is 42.6 Å². The van der Waals surface area contributed by atoms with Crippen molar-refractivity contribution in [3.8, 4) is 57.5 Å². The van der Waals surface area contributed by atoms with E-state index in [0.29, 0.717) is 71.0 Å². The highest BCUT2D eigenvalue weighted by Gasteiger charge is 2.20. The summed E-state index contributed by atoms with van der Waals surface area (Å²) in [6.07, 6.45) is 2.88. The number of methoxy groups -OCH3 is 8. The summed E-state index contributed by atoms with van der Waals surface area (Å²) in [4.78, 5) is 0. The first kappa shape index (κ1) is 33.0. The molecule has 45 heavy (non-hydrogen) atoms. The zero-order valence-corrected chi connectivity index (χ0v) is 27.3. The Morgan fingerprint density at radius 1 is 0.378 bits per heavy atom. The molecule has 9 nitrogen and oxygen atoms in total. The lowest BCUT2D eigenvalue weighted by Crippen LogP contribution is -2.02. The summed E-state index contributed by atoms with van der Waals surface area (Å²) in [7, 11) is 12.9. The second-order valence-corrected chi connectivity index (χ2v) is 10.1. The fraction of sp³-hybridized carbons (Fsp3) is 0.333. The van der Waals surface area contributed by atoms with Crippen molar-refractivity contribution < 1.29 is 42.6 Å². The molecule has 0 N–H and O–H groups in total. The van der Waals surface area contributed by atoms with E-state index in [1.165, 1.54) is 0 Å². The second kappa shape index (κ2) is 15.7. The van der Waals surface area contributed by atoms with Crippen molar-refractivity contribution in [2.75, 3.05) is 56.9 Å². The molecular formula is C36H42O9. The van der Waals surface area contributed by atoms with Gasteiger partial charge in [0.15, 0.2) is 34.5 Å². The maximum Gasteiger partial charge on any atom is 0.203 e. The van der Waals surface area contributed by atoms with E-state index in [-0.39, 0.29) is 0 Å². The lowest BCUT2D eigenvalue weighted by atomic mass is 10.0. The Kier molecular flexibility index (Phi) is 11.5. The maximum atomic E-state index is 6.53. The van der Waals surface area contributed by atoms with Crippen LogP contribution in [0.4, 0.5) is 0 Å². The Morgan fingerprint density at radius 2 is 0.889 bits per heavy atom. The number of ether oxygens (including phenoxy) is 9. The molecule has 0 fully saturated rings. The summed E-state index contributed by atoms with van der Waals surface area (Å²) < 4.78 is 51.3. The summed E-state index contributed by atoms with van der Waals surface area (Å²) in [5.74, 6) is 5.90. The number of hydrogen-bond acceptors (Lipinski definition) is 9. The first-order valence-electron chi connectivity index (χ1n) is 14.5. The van der Waals surface area contributed by atoms with Crippen molar-refractivity contribution >= 4 is 0 Å². The number of aryl methyl sites for hydroxylation is 4. The van der Waals surface area contributed by atoms with Crippen LogP contribution >= 0.6 is 0 Å². The minimum Gasteiger partial charge on any atom is -0.497 e. The van der Waals surface area contributed by atoms with Crippen LogP contribution in [0, 0.1) is 0 Å². The Bertz CT molecular complexity index is 1560. The average Bonchev–Trinajstić information content (AvgIpc) is 3.08. The van der Waals surface area contributed by atoms with Gasteiger partial charge in [0.1, 0.15) is 11.5 Å². The Labute approximate surface area is 265 Å². The third-order valence-electron chi connectivity index (χ3n) is 7.54. The lowest BCUT2D eigenvalue weighted by molar-refractivity contribution is 0.323. The largest absolute Gasteiger partial charge is 0.497 e. The quantitative estimate of drug-likeness (QED) is 0.130. The van der Waals surface area contributed by atoms with Crippen LogP contribution in [0.5, 0.6) is 57.5 Å². The fourth-order valence-electron chi connectivity index (χ4n) is 5.21. The Hall–Kier alpha value is -4.92. The first-order chi connectivity index (χ1) is 21.9. The smallest absolute Gasteiger partial charge is 0.203 e. The molecule has 4 aromatic rings. The van der Waals surface area contributed by atoms with Gasteiger partial charge in [0.25, 0.3) is 0 Å². The summed E-state index contributed by atoms with van der Waals surface area (Å²) in [5.41, 5.74) is 4.14. The average molecular weight is 619 g/mol. The van der Waals surface area contributed by atoms with Crippen LogP contribution in [-0.2, 0) is 25.7 Å². The summed E-state index contributed by atoms with van der Waals surface area (Å²) in [5, 5.41) is 0. The van der Waals surface area contributed by atoms with E-state index in [1.807, 2.05) is 54.6 Å². The lowest BCUT2D eigenvalue weighted by Gasteiger charge is -2.19.